The van der Waals surface area contributed by atoms with Crippen molar-refractivity contribution < 1.29 is 23.8 Å². The molecule has 1 atom stereocenters. The molecule has 0 radical (unpaired) electrons. The van der Waals surface area contributed by atoms with Crippen molar-refractivity contribution in [2.24, 2.45) is 0 Å². The summed E-state index contributed by atoms with van der Waals surface area (Å²) in [6.07, 6.45) is 2.32. The molecule has 4 rings (SSSR count). The van der Waals surface area contributed by atoms with Gasteiger partial charge in [-0.25, -0.2) is 0 Å². The van der Waals surface area contributed by atoms with Gasteiger partial charge in [0.15, 0.2) is 0 Å². The van der Waals surface area contributed by atoms with Crippen molar-refractivity contribution >= 4 is 28.8 Å². The Balaban J connectivity index is 1.82. The van der Waals surface area contributed by atoms with E-state index in [1.165, 1.54) is 11.2 Å². The molecule has 1 fully saturated rings. The van der Waals surface area contributed by atoms with E-state index in [1.54, 1.807) is 48.5 Å². The molecule has 2 aromatic carbocycles. The van der Waals surface area contributed by atoms with Crippen LogP contribution in [-0.2, 0) is 9.59 Å². The van der Waals surface area contributed by atoms with Crippen LogP contribution in [0.2, 0.25) is 0 Å². The van der Waals surface area contributed by atoms with Crippen LogP contribution in [0, 0.1) is 0 Å². The summed E-state index contributed by atoms with van der Waals surface area (Å²) in [5.74, 6) is -0.821. The summed E-state index contributed by atoms with van der Waals surface area (Å²) in [6, 6.07) is 16.6. The van der Waals surface area contributed by atoms with Crippen LogP contribution in [0.4, 0.5) is 11.4 Å². The van der Waals surface area contributed by atoms with Crippen LogP contribution in [-0.4, -0.2) is 37.5 Å². The molecule has 1 N–H and O–H groups in total. The minimum atomic E-state index is -0.898. The maximum Gasteiger partial charge on any atom is 0.300 e. The quantitative estimate of drug-likeness (QED) is 0.320. The Labute approximate surface area is 192 Å². The number of carbonyl (C=O) groups excluding carboxylic acids is 2. The average Bonchev–Trinajstić information content (AvgIpc) is 3.44. The van der Waals surface area contributed by atoms with E-state index in [1.807, 2.05) is 38.1 Å². The third-order valence-electron chi connectivity index (χ3n) is 5.48. The Morgan fingerprint density at radius 1 is 1.09 bits per heavy atom. The molecule has 7 nitrogen and oxygen atoms in total. The molecule has 1 unspecified atom stereocenters. The number of hydrogen-bond acceptors (Lipinski definition) is 6. The van der Waals surface area contributed by atoms with Gasteiger partial charge in [-0.1, -0.05) is 19.1 Å². The highest BCUT2D eigenvalue weighted by Crippen LogP contribution is 2.42. The molecule has 33 heavy (non-hydrogen) atoms. The highest BCUT2D eigenvalue weighted by molar-refractivity contribution is 6.51. The summed E-state index contributed by atoms with van der Waals surface area (Å²) in [5.41, 5.74) is 1.84. The Morgan fingerprint density at radius 3 is 2.48 bits per heavy atom. The summed E-state index contributed by atoms with van der Waals surface area (Å²) >= 11 is 0. The van der Waals surface area contributed by atoms with Crippen LogP contribution in [0.3, 0.4) is 0 Å². The summed E-state index contributed by atoms with van der Waals surface area (Å²) < 4.78 is 11.3. The predicted molar refractivity (Wildman–Crippen MR) is 126 cm³/mol. The standard InChI is InChI=1S/C26H26N2O5/c1-4-14-32-20-8-5-7-17(16-20)24(29)22-23(21-9-6-15-33-21)28(26(31)25(22)30)19-12-10-18(11-13-19)27(2)3/h5-13,15-16,23,29H,4,14H2,1-3H3/b24-22-. The Morgan fingerprint density at radius 2 is 1.85 bits per heavy atom. The van der Waals surface area contributed by atoms with Gasteiger partial charge in [0, 0.05) is 31.0 Å². The number of rotatable bonds is 7. The van der Waals surface area contributed by atoms with Crippen molar-refractivity contribution in [3.05, 3.63) is 83.8 Å². The Kier molecular flexibility index (Phi) is 6.22. The zero-order valence-electron chi connectivity index (χ0n) is 18.8. The van der Waals surface area contributed by atoms with E-state index >= 15 is 0 Å². The normalized spacial score (nSPS) is 17.4. The first kappa shape index (κ1) is 22.2. The maximum atomic E-state index is 13.2. The van der Waals surface area contributed by atoms with Crippen molar-refractivity contribution in [2.75, 3.05) is 30.5 Å². The van der Waals surface area contributed by atoms with Gasteiger partial charge in [-0.15, -0.1) is 0 Å². The molecule has 0 saturated carbocycles. The number of ether oxygens (including phenoxy) is 1. The maximum absolute atomic E-state index is 13.2. The van der Waals surface area contributed by atoms with Crippen molar-refractivity contribution in [1.29, 1.82) is 0 Å². The summed E-state index contributed by atoms with van der Waals surface area (Å²) in [5, 5.41) is 11.2. The second-order valence-electron chi connectivity index (χ2n) is 7.97. The van der Waals surface area contributed by atoms with Gasteiger partial charge in [0.05, 0.1) is 18.4 Å². The van der Waals surface area contributed by atoms with Crippen LogP contribution >= 0.6 is 0 Å². The van der Waals surface area contributed by atoms with Crippen LogP contribution < -0.4 is 14.5 Å². The van der Waals surface area contributed by atoms with Gasteiger partial charge in [-0.3, -0.25) is 14.5 Å². The SMILES string of the molecule is CCCOc1cccc(/C(O)=C2/C(=O)C(=O)N(c3ccc(N(C)C)cc3)C2c2ccco2)c1. The molecule has 1 amide bonds. The zero-order chi connectivity index (χ0) is 23.5. The number of amides is 1. The highest BCUT2D eigenvalue weighted by atomic mass is 16.5. The third kappa shape index (κ3) is 4.22. The van der Waals surface area contributed by atoms with Gasteiger partial charge in [0.2, 0.25) is 0 Å². The number of anilines is 2. The second-order valence-corrected chi connectivity index (χ2v) is 7.97. The van der Waals surface area contributed by atoms with E-state index in [4.69, 9.17) is 9.15 Å². The van der Waals surface area contributed by atoms with E-state index in [9.17, 15) is 14.7 Å². The number of Topliss-reactive ketones (excluding diaryl/α,β-unsaturated/α-hetero) is 1. The van der Waals surface area contributed by atoms with Gasteiger partial charge in [0.1, 0.15) is 23.3 Å². The molecular weight excluding hydrogens is 420 g/mol. The number of carbonyl (C=O) groups is 2. The number of ketones is 1. The van der Waals surface area contributed by atoms with Gasteiger partial charge >= 0.3 is 0 Å². The minimum Gasteiger partial charge on any atom is -0.507 e. The molecule has 0 spiro atoms. The summed E-state index contributed by atoms with van der Waals surface area (Å²) in [7, 11) is 3.84. The molecule has 170 valence electrons. The lowest BCUT2D eigenvalue weighted by Gasteiger charge is -2.24. The molecule has 1 aromatic heterocycles. The second kappa shape index (κ2) is 9.24. The number of nitrogens with zero attached hydrogens (tertiary/aromatic N) is 2. The van der Waals surface area contributed by atoms with Crippen LogP contribution in [0.1, 0.15) is 30.7 Å². The van der Waals surface area contributed by atoms with Gasteiger partial charge in [-0.2, -0.15) is 0 Å². The largest absolute Gasteiger partial charge is 0.507 e. The van der Waals surface area contributed by atoms with Crippen LogP contribution in [0.25, 0.3) is 5.76 Å². The van der Waals surface area contributed by atoms with Crippen molar-refractivity contribution in [3.63, 3.8) is 0 Å². The molecule has 0 bridgehead atoms. The smallest absolute Gasteiger partial charge is 0.300 e. The molecule has 1 aliphatic heterocycles. The number of hydrogen-bond donors (Lipinski definition) is 1. The van der Waals surface area contributed by atoms with Gasteiger partial charge in [-0.05, 0) is 55.0 Å². The Hall–Kier alpha value is -4.00. The lowest BCUT2D eigenvalue weighted by Crippen LogP contribution is -2.29. The zero-order valence-corrected chi connectivity index (χ0v) is 18.8. The van der Waals surface area contributed by atoms with E-state index in [0.29, 0.717) is 29.4 Å². The first-order valence-electron chi connectivity index (χ1n) is 10.8. The highest BCUT2D eigenvalue weighted by Gasteiger charge is 2.48. The first-order chi connectivity index (χ1) is 15.9. The molecule has 1 saturated heterocycles. The average molecular weight is 447 g/mol. The van der Waals surface area contributed by atoms with Crippen LogP contribution in [0.5, 0.6) is 5.75 Å². The lowest BCUT2D eigenvalue weighted by atomic mass is 9.99. The van der Waals surface area contributed by atoms with E-state index in [-0.39, 0.29) is 11.3 Å². The molecule has 1 aliphatic rings. The summed E-state index contributed by atoms with van der Waals surface area (Å²) in [6.45, 7) is 2.53. The number of aliphatic hydroxyl groups is 1. The van der Waals surface area contributed by atoms with E-state index in [2.05, 4.69) is 0 Å². The van der Waals surface area contributed by atoms with Crippen molar-refractivity contribution in [1.82, 2.24) is 0 Å². The summed E-state index contributed by atoms with van der Waals surface area (Å²) in [4.78, 5) is 29.6. The molecule has 3 aromatic rings. The fraction of sp³-hybridized carbons (Fsp3) is 0.231. The van der Waals surface area contributed by atoms with Gasteiger partial charge < -0.3 is 19.2 Å². The van der Waals surface area contributed by atoms with Gasteiger partial charge in [0.25, 0.3) is 11.7 Å². The first-order valence-corrected chi connectivity index (χ1v) is 10.8. The number of furan rings is 1. The topological polar surface area (TPSA) is 83.2 Å². The predicted octanol–water partition coefficient (Wildman–Crippen LogP) is 4.76. The molecule has 2 heterocycles. The Bertz CT molecular complexity index is 1180. The molecule has 7 heteroatoms. The monoisotopic (exact) mass is 446 g/mol. The molecular formula is C26H26N2O5. The lowest BCUT2D eigenvalue weighted by molar-refractivity contribution is -0.132. The van der Waals surface area contributed by atoms with Crippen LogP contribution in [0.15, 0.2) is 76.9 Å². The third-order valence-corrected chi connectivity index (χ3v) is 5.48. The minimum absolute atomic E-state index is 0.0284. The van der Waals surface area contributed by atoms with Crippen molar-refractivity contribution in [3.8, 4) is 5.75 Å². The number of aliphatic hydroxyl groups excluding tert-OH is 1. The number of benzene rings is 2. The van der Waals surface area contributed by atoms with Crippen molar-refractivity contribution in [2.45, 2.75) is 19.4 Å². The van der Waals surface area contributed by atoms with E-state index in [0.717, 1.165) is 12.1 Å². The fourth-order valence-corrected chi connectivity index (χ4v) is 3.83. The van der Waals surface area contributed by atoms with E-state index < -0.39 is 17.7 Å². The molecule has 0 aliphatic carbocycles. The fourth-order valence-electron chi connectivity index (χ4n) is 3.83.